The summed E-state index contributed by atoms with van der Waals surface area (Å²) in [5, 5.41) is 12.4. The second kappa shape index (κ2) is 6.00. The van der Waals surface area contributed by atoms with Gasteiger partial charge in [-0.25, -0.2) is 13.1 Å². The van der Waals surface area contributed by atoms with E-state index in [2.05, 4.69) is 20.2 Å². The molecule has 2 aromatic heterocycles. The summed E-state index contributed by atoms with van der Waals surface area (Å²) in [7, 11) is -0.0141. The lowest BCUT2D eigenvalue weighted by Crippen LogP contribution is -2.29. The van der Waals surface area contributed by atoms with Crippen LogP contribution in [0.3, 0.4) is 0 Å². The van der Waals surface area contributed by atoms with Crippen molar-refractivity contribution >= 4 is 21.4 Å². The normalized spacial score (nSPS) is 13.6. The van der Waals surface area contributed by atoms with E-state index in [0.29, 0.717) is 17.3 Å². The summed E-state index contributed by atoms with van der Waals surface area (Å²) < 4.78 is 29.2. The van der Waals surface area contributed by atoms with Gasteiger partial charge in [-0.15, -0.1) is 21.5 Å². The molecular weight excluding hydrogens is 298 g/mol. The van der Waals surface area contributed by atoms with Gasteiger partial charge in [-0.05, 0) is 25.4 Å². The summed E-state index contributed by atoms with van der Waals surface area (Å²) in [5.41, 5.74) is 0. The van der Waals surface area contributed by atoms with Crippen LogP contribution in [0.1, 0.15) is 23.7 Å². The number of nitrogens with zero attached hydrogens (tertiary/aromatic N) is 3. The minimum Gasteiger partial charge on any atom is -0.319 e. The van der Waals surface area contributed by atoms with Crippen LogP contribution < -0.4 is 10.0 Å². The van der Waals surface area contributed by atoms with Crippen molar-refractivity contribution in [3.63, 3.8) is 0 Å². The SMILES string of the molecule is CNCc1sccc1S(=O)(=O)NC(C)c1nncn1C. The van der Waals surface area contributed by atoms with E-state index in [1.165, 1.54) is 17.7 Å². The van der Waals surface area contributed by atoms with Gasteiger partial charge in [0.1, 0.15) is 12.2 Å². The van der Waals surface area contributed by atoms with Crippen LogP contribution in [0.15, 0.2) is 22.7 Å². The Kier molecular flexibility index (Phi) is 4.53. The van der Waals surface area contributed by atoms with Crippen LogP contribution in [-0.2, 0) is 23.6 Å². The smallest absolute Gasteiger partial charge is 0.242 e. The monoisotopic (exact) mass is 315 g/mol. The van der Waals surface area contributed by atoms with Crippen molar-refractivity contribution in [2.45, 2.75) is 24.4 Å². The molecule has 0 saturated heterocycles. The van der Waals surface area contributed by atoms with Crippen molar-refractivity contribution in [1.29, 1.82) is 0 Å². The van der Waals surface area contributed by atoms with E-state index >= 15 is 0 Å². The first-order valence-electron chi connectivity index (χ1n) is 6.03. The average molecular weight is 315 g/mol. The number of aryl methyl sites for hydroxylation is 1. The predicted molar refractivity (Wildman–Crippen MR) is 76.8 cm³/mol. The highest BCUT2D eigenvalue weighted by Crippen LogP contribution is 2.23. The Morgan fingerprint density at radius 1 is 1.50 bits per heavy atom. The topological polar surface area (TPSA) is 88.9 Å². The first-order valence-corrected chi connectivity index (χ1v) is 8.39. The van der Waals surface area contributed by atoms with E-state index in [0.717, 1.165) is 4.88 Å². The van der Waals surface area contributed by atoms with Crippen LogP contribution in [-0.4, -0.2) is 30.2 Å². The van der Waals surface area contributed by atoms with Crippen LogP contribution in [0.4, 0.5) is 0 Å². The Balaban J connectivity index is 2.23. The number of rotatable bonds is 6. The first kappa shape index (κ1) is 15.1. The molecule has 2 aromatic rings. The van der Waals surface area contributed by atoms with E-state index < -0.39 is 16.1 Å². The zero-order valence-corrected chi connectivity index (χ0v) is 13.1. The van der Waals surface area contributed by atoms with Crippen molar-refractivity contribution in [3.8, 4) is 0 Å². The van der Waals surface area contributed by atoms with Crippen LogP contribution in [0, 0.1) is 0 Å². The highest BCUT2D eigenvalue weighted by atomic mass is 32.2. The van der Waals surface area contributed by atoms with Gasteiger partial charge in [-0.2, -0.15) is 0 Å². The molecule has 0 aliphatic carbocycles. The number of aromatic nitrogens is 3. The second-order valence-electron chi connectivity index (χ2n) is 4.38. The molecule has 7 nitrogen and oxygen atoms in total. The summed E-state index contributed by atoms with van der Waals surface area (Å²) in [6, 6.07) is 1.16. The molecule has 0 amide bonds. The van der Waals surface area contributed by atoms with E-state index in [1.54, 1.807) is 37.0 Å². The van der Waals surface area contributed by atoms with Gasteiger partial charge in [0.15, 0.2) is 0 Å². The van der Waals surface area contributed by atoms with Crippen molar-refractivity contribution in [1.82, 2.24) is 24.8 Å². The molecule has 0 aliphatic heterocycles. The molecule has 0 bridgehead atoms. The van der Waals surface area contributed by atoms with Crippen molar-refractivity contribution < 1.29 is 8.42 Å². The van der Waals surface area contributed by atoms with Gasteiger partial charge in [0, 0.05) is 18.5 Å². The lowest BCUT2D eigenvalue weighted by molar-refractivity contribution is 0.552. The molecule has 0 aliphatic rings. The largest absolute Gasteiger partial charge is 0.319 e. The van der Waals surface area contributed by atoms with Gasteiger partial charge in [-0.3, -0.25) is 0 Å². The van der Waals surface area contributed by atoms with E-state index in [-0.39, 0.29) is 0 Å². The van der Waals surface area contributed by atoms with Crippen molar-refractivity contribution in [3.05, 3.63) is 28.5 Å². The first-order chi connectivity index (χ1) is 9.45. The minimum atomic E-state index is -3.57. The third-order valence-corrected chi connectivity index (χ3v) is 5.47. The molecule has 1 atom stereocenters. The van der Waals surface area contributed by atoms with Crippen LogP contribution in [0.2, 0.25) is 0 Å². The van der Waals surface area contributed by atoms with Gasteiger partial charge < -0.3 is 9.88 Å². The Labute approximate surface area is 122 Å². The Hall–Kier alpha value is -1.29. The highest BCUT2D eigenvalue weighted by molar-refractivity contribution is 7.89. The zero-order valence-electron chi connectivity index (χ0n) is 11.5. The molecule has 0 fully saturated rings. The van der Waals surface area contributed by atoms with E-state index in [9.17, 15) is 8.42 Å². The summed E-state index contributed by atoms with van der Waals surface area (Å²) in [6.07, 6.45) is 1.54. The van der Waals surface area contributed by atoms with Gasteiger partial charge in [0.05, 0.1) is 10.9 Å². The molecule has 0 aromatic carbocycles. The van der Waals surface area contributed by atoms with Gasteiger partial charge >= 0.3 is 0 Å². The quantitative estimate of drug-likeness (QED) is 0.816. The van der Waals surface area contributed by atoms with Gasteiger partial charge in [0.25, 0.3) is 0 Å². The third kappa shape index (κ3) is 3.06. The number of nitrogens with one attached hydrogen (secondary N) is 2. The van der Waals surface area contributed by atoms with Crippen LogP contribution in [0.5, 0.6) is 0 Å². The number of sulfonamides is 1. The maximum atomic E-state index is 12.4. The van der Waals surface area contributed by atoms with Crippen molar-refractivity contribution in [2.75, 3.05) is 7.05 Å². The molecule has 110 valence electrons. The molecule has 0 radical (unpaired) electrons. The van der Waals surface area contributed by atoms with Crippen molar-refractivity contribution in [2.24, 2.45) is 7.05 Å². The molecule has 2 N–H and O–H groups in total. The lowest BCUT2D eigenvalue weighted by atomic mass is 10.3. The number of hydrogen-bond donors (Lipinski definition) is 2. The van der Waals surface area contributed by atoms with Gasteiger partial charge in [0.2, 0.25) is 10.0 Å². The molecule has 2 rings (SSSR count). The average Bonchev–Trinajstić information content (AvgIpc) is 2.98. The van der Waals surface area contributed by atoms with E-state index in [4.69, 9.17) is 0 Å². The van der Waals surface area contributed by atoms with E-state index in [1.807, 2.05) is 0 Å². The maximum Gasteiger partial charge on any atom is 0.242 e. The molecule has 2 heterocycles. The lowest BCUT2D eigenvalue weighted by Gasteiger charge is -2.13. The summed E-state index contributed by atoms with van der Waals surface area (Å²) in [4.78, 5) is 1.09. The summed E-state index contributed by atoms with van der Waals surface area (Å²) in [5.74, 6) is 0.568. The van der Waals surface area contributed by atoms with Crippen LogP contribution >= 0.6 is 11.3 Å². The molecule has 9 heteroatoms. The molecule has 0 spiro atoms. The summed E-state index contributed by atoms with van der Waals surface area (Å²) in [6.45, 7) is 2.26. The fraction of sp³-hybridized carbons (Fsp3) is 0.455. The Bertz CT molecular complexity index is 677. The van der Waals surface area contributed by atoms with Gasteiger partial charge in [-0.1, -0.05) is 0 Å². The fourth-order valence-corrected chi connectivity index (χ4v) is 4.55. The Morgan fingerprint density at radius 3 is 2.85 bits per heavy atom. The predicted octanol–water partition coefficient (Wildman–Crippen LogP) is 0.635. The fourth-order valence-electron chi connectivity index (χ4n) is 1.89. The van der Waals surface area contributed by atoms with Crippen LogP contribution in [0.25, 0.3) is 0 Å². The molecule has 0 saturated carbocycles. The number of hydrogen-bond acceptors (Lipinski definition) is 6. The second-order valence-corrected chi connectivity index (χ2v) is 7.06. The third-order valence-electron chi connectivity index (χ3n) is 2.80. The highest BCUT2D eigenvalue weighted by Gasteiger charge is 2.24. The summed E-state index contributed by atoms with van der Waals surface area (Å²) >= 11 is 1.41. The Morgan fingerprint density at radius 2 is 2.25 bits per heavy atom. The zero-order chi connectivity index (χ0) is 14.8. The number of thiophene rings is 1. The maximum absolute atomic E-state index is 12.4. The minimum absolute atomic E-state index is 0.311. The molecular formula is C11H17N5O2S2. The molecule has 1 unspecified atom stereocenters. The standard InChI is InChI=1S/C11H17N5O2S2/c1-8(11-14-13-7-16(11)3)15-20(17,18)10-4-5-19-9(10)6-12-2/h4-5,7-8,12,15H,6H2,1-3H3. The molecule has 20 heavy (non-hydrogen) atoms.